The number of benzene rings is 1. The number of likely N-dealkylation sites (tertiary alicyclic amines) is 1. The van der Waals surface area contributed by atoms with E-state index in [1.54, 1.807) is 17.3 Å². The summed E-state index contributed by atoms with van der Waals surface area (Å²) in [5.74, 6) is -1.11. The normalized spacial score (nSPS) is 20.8. The van der Waals surface area contributed by atoms with Gasteiger partial charge in [-0.05, 0) is 11.8 Å². The van der Waals surface area contributed by atoms with E-state index in [4.69, 9.17) is 4.74 Å². The Kier molecular flexibility index (Phi) is 4.00. The monoisotopic (exact) mass is 314 g/mol. The van der Waals surface area contributed by atoms with Crippen molar-refractivity contribution in [2.45, 2.75) is 6.42 Å². The molecule has 3 rings (SSSR count). The van der Waals surface area contributed by atoms with Gasteiger partial charge in [-0.1, -0.05) is 24.3 Å². The van der Waals surface area contributed by atoms with E-state index in [9.17, 15) is 14.7 Å². The molecule has 1 N–H and O–H groups in total. The van der Waals surface area contributed by atoms with Crippen molar-refractivity contribution in [1.82, 2.24) is 9.88 Å². The third-order valence-electron chi connectivity index (χ3n) is 4.41. The summed E-state index contributed by atoms with van der Waals surface area (Å²) < 4.78 is 5.06. The molecule has 0 bridgehead atoms. The van der Waals surface area contributed by atoms with E-state index in [1.165, 1.54) is 7.11 Å². The first-order chi connectivity index (χ1) is 11.1. The van der Waals surface area contributed by atoms with Crippen LogP contribution < -0.4 is 0 Å². The molecule has 0 radical (unpaired) electrons. The number of nitrogens with zero attached hydrogens (tertiary/aromatic N) is 2. The number of methoxy groups -OCH3 is 1. The van der Waals surface area contributed by atoms with Crippen LogP contribution >= 0.6 is 0 Å². The van der Waals surface area contributed by atoms with E-state index >= 15 is 0 Å². The van der Waals surface area contributed by atoms with Crippen LogP contribution in [0.2, 0.25) is 0 Å². The summed E-state index contributed by atoms with van der Waals surface area (Å²) >= 11 is 0. The Bertz CT molecular complexity index is 756. The van der Waals surface area contributed by atoms with Gasteiger partial charge in [-0.25, -0.2) is 0 Å². The van der Waals surface area contributed by atoms with Gasteiger partial charge in [0, 0.05) is 38.0 Å². The zero-order valence-corrected chi connectivity index (χ0v) is 12.9. The number of fused-ring (bicyclic) bond motifs is 1. The SMILES string of the molecule is COC[C@@]1(C(=O)O)CCN(C(=O)c2cncc3ccccc23)C1. The van der Waals surface area contributed by atoms with Crippen LogP contribution in [0, 0.1) is 5.41 Å². The third kappa shape index (κ3) is 2.66. The van der Waals surface area contributed by atoms with Gasteiger partial charge in [0.2, 0.25) is 0 Å². The van der Waals surface area contributed by atoms with Gasteiger partial charge in [0.25, 0.3) is 5.91 Å². The molecule has 1 aliphatic rings. The molecule has 1 aromatic heterocycles. The molecule has 1 atom stereocenters. The summed E-state index contributed by atoms with van der Waals surface area (Å²) in [5.41, 5.74) is -0.524. The molecule has 0 unspecified atom stereocenters. The lowest BCUT2D eigenvalue weighted by molar-refractivity contribution is -0.151. The van der Waals surface area contributed by atoms with Crippen molar-refractivity contribution in [1.29, 1.82) is 0 Å². The number of carboxylic acid groups (broad SMARTS) is 1. The first-order valence-electron chi connectivity index (χ1n) is 7.42. The fourth-order valence-electron chi connectivity index (χ4n) is 3.13. The molecular formula is C17H18N2O4. The van der Waals surface area contributed by atoms with E-state index in [2.05, 4.69) is 4.98 Å². The maximum atomic E-state index is 12.8. The lowest BCUT2D eigenvalue weighted by Gasteiger charge is -2.24. The number of aliphatic carboxylic acids is 1. The predicted octanol–water partition coefficient (Wildman–Crippen LogP) is 1.80. The van der Waals surface area contributed by atoms with Gasteiger partial charge in [-0.2, -0.15) is 0 Å². The molecule has 0 aliphatic carbocycles. The van der Waals surface area contributed by atoms with Crippen molar-refractivity contribution >= 4 is 22.6 Å². The predicted molar refractivity (Wildman–Crippen MR) is 84.2 cm³/mol. The quantitative estimate of drug-likeness (QED) is 0.931. The number of carbonyl (C=O) groups is 2. The lowest BCUT2D eigenvalue weighted by atomic mass is 9.88. The van der Waals surface area contributed by atoms with Crippen LogP contribution in [0.15, 0.2) is 36.7 Å². The summed E-state index contributed by atoms with van der Waals surface area (Å²) in [4.78, 5) is 30.1. The molecule has 0 spiro atoms. The van der Waals surface area contributed by atoms with Crippen molar-refractivity contribution in [2.24, 2.45) is 5.41 Å². The highest BCUT2D eigenvalue weighted by Crippen LogP contribution is 2.32. The number of carbonyl (C=O) groups excluding carboxylic acids is 1. The first-order valence-corrected chi connectivity index (χ1v) is 7.42. The smallest absolute Gasteiger partial charge is 0.313 e. The topological polar surface area (TPSA) is 79.7 Å². The average molecular weight is 314 g/mol. The van der Waals surface area contributed by atoms with Crippen LogP contribution in [-0.2, 0) is 9.53 Å². The Morgan fingerprint density at radius 1 is 1.35 bits per heavy atom. The second-order valence-electron chi connectivity index (χ2n) is 5.90. The van der Waals surface area contributed by atoms with Gasteiger partial charge in [-0.15, -0.1) is 0 Å². The van der Waals surface area contributed by atoms with Crippen molar-refractivity contribution in [3.05, 3.63) is 42.2 Å². The van der Waals surface area contributed by atoms with Crippen LogP contribution in [0.25, 0.3) is 10.8 Å². The van der Waals surface area contributed by atoms with Crippen LogP contribution in [0.5, 0.6) is 0 Å². The standard InChI is InChI=1S/C17H18N2O4/c1-23-11-17(16(21)22)6-7-19(10-17)15(20)14-9-18-8-12-4-2-3-5-13(12)14/h2-5,8-9H,6-7,10-11H2,1H3,(H,21,22)/t17-/m1/s1. The molecule has 0 saturated carbocycles. The molecule has 23 heavy (non-hydrogen) atoms. The molecule has 120 valence electrons. The van der Waals surface area contributed by atoms with E-state index in [0.717, 1.165) is 10.8 Å². The zero-order chi connectivity index (χ0) is 16.4. The van der Waals surface area contributed by atoms with Gasteiger partial charge < -0.3 is 14.7 Å². The number of carboxylic acids is 1. The number of rotatable bonds is 4. The molecule has 1 fully saturated rings. The molecular weight excluding hydrogens is 296 g/mol. The first kappa shape index (κ1) is 15.4. The Labute approximate surface area is 133 Å². The fourth-order valence-corrected chi connectivity index (χ4v) is 3.13. The molecule has 1 saturated heterocycles. The van der Waals surface area contributed by atoms with Gasteiger partial charge in [0.1, 0.15) is 5.41 Å². The fraction of sp³-hybridized carbons (Fsp3) is 0.353. The van der Waals surface area contributed by atoms with Gasteiger partial charge in [-0.3, -0.25) is 14.6 Å². The van der Waals surface area contributed by atoms with Crippen molar-refractivity contribution in [3.8, 4) is 0 Å². The minimum absolute atomic E-state index is 0.0971. The van der Waals surface area contributed by atoms with E-state index < -0.39 is 11.4 Å². The number of hydrogen-bond donors (Lipinski definition) is 1. The molecule has 1 amide bonds. The maximum absolute atomic E-state index is 12.8. The van der Waals surface area contributed by atoms with Crippen LogP contribution in [0.4, 0.5) is 0 Å². The van der Waals surface area contributed by atoms with Crippen molar-refractivity contribution in [3.63, 3.8) is 0 Å². The minimum atomic E-state index is -1.03. The summed E-state index contributed by atoms with van der Waals surface area (Å²) in [5, 5.41) is 11.2. The van der Waals surface area contributed by atoms with Crippen molar-refractivity contribution in [2.75, 3.05) is 26.8 Å². The highest BCUT2D eigenvalue weighted by molar-refractivity contribution is 6.06. The summed E-state index contributed by atoms with van der Waals surface area (Å²) in [7, 11) is 1.48. The summed E-state index contributed by atoms with van der Waals surface area (Å²) in [6.45, 7) is 0.649. The van der Waals surface area contributed by atoms with E-state index in [-0.39, 0.29) is 19.1 Å². The second-order valence-corrected chi connectivity index (χ2v) is 5.90. The van der Waals surface area contributed by atoms with Gasteiger partial charge in [0.05, 0.1) is 12.2 Å². The number of pyridine rings is 1. The van der Waals surface area contributed by atoms with Gasteiger partial charge >= 0.3 is 5.97 Å². The largest absolute Gasteiger partial charge is 0.481 e. The van der Waals surface area contributed by atoms with Crippen molar-refractivity contribution < 1.29 is 19.4 Å². The minimum Gasteiger partial charge on any atom is -0.481 e. The van der Waals surface area contributed by atoms with Gasteiger partial charge in [0.15, 0.2) is 0 Å². The van der Waals surface area contributed by atoms with Crippen LogP contribution in [-0.4, -0.2) is 53.7 Å². The van der Waals surface area contributed by atoms with Crippen LogP contribution in [0.3, 0.4) is 0 Å². The Balaban J connectivity index is 1.91. The maximum Gasteiger partial charge on any atom is 0.313 e. The lowest BCUT2D eigenvalue weighted by Crippen LogP contribution is -2.40. The van der Waals surface area contributed by atoms with E-state index in [0.29, 0.717) is 18.5 Å². The number of hydrogen-bond acceptors (Lipinski definition) is 4. The average Bonchev–Trinajstić information content (AvgIpc) is 3.00. The molecule has 6 heteroatoms. The molecule has 2 heterocycles. The summed E-state index contributed by atoms with van der Waals surface area (Å²) in [6, 6.07) is 7.53. The Hall–Kier alpha value is -2.47. The highest BCUT2D eigenvalue weighted by atomic mass is 16.5. The highest BCUT2D eigenvalue weighted by Gasteiger charge is 2.46. The zero-order valence-electron chi connectivity index (χ0n) is 12.9. The number of aromatic nitrogens is 1. The molecule has 1 aliphatic heterocycles. The number of amides is 1. The molecule has 6 nitrogen and oxygen atoms in total. The van der Waals surface area contributed by atoms with E-state index in [1.807, 2.05) is 24.3 Å². The molecule has 2 aromatic rings. The Morgan fingerprint density at radius 3 is 2.87 bits per heavy atom. The Morgan fingerprint density at radius 2 is 2.13 bits per heavy atom. The second kappa shape index (κ2) is 5.96. The van der Waals surface area contributed by atoms with Crippen LogP contribution in [0.1, 0.15) is 16.8 Å². The summed E-state index contributed by atoms with van der Waals surface area (Å²) in [6.07, 6.45) is 3.64. The third-order valence-corrected chi connectivity index (χ3v) is 4.41. The molecule has 1 aromatic carbocycles. The number of ether oxygens (including phenoxy) is 1.